The van der Waals surface area contributed by atoms with Gasteiger partial charge in [-0.2, -0.15) is 0 Å². The van der Waals surface area contributed by atoms with Crippen molar-refractivity contribution in [2.45, 2.75) is 24.9 Å². The number of ketones is 1. The number of allylic oxidation sites excluding steroid dienone is 3. The second-order valence-electron chi connectivity index (χ2n) is 9.79. The van der Waals surface area contributed by atoms with Gasteiger partial charge in [-0.15, -0.1) is 0 Å². The van der Waals surface area contributed by atoms with Gasteiger partial charge in [0, 0.05) is 36.4 Å². The van der Waals surface area contributed by atoms with Gasteiger partial charge in [0.05, 0.1) is 85.5 Å². The van der Waals surface area contributed by atoms with Crippen molar-refractivity contribution >= 4 is 35.4 Å². The van der Waals surface area contributed by atoms with Crippen molar-refractivity contribution < 1.29 is 57.6 Å². The molecule has 0 aromatic heterocycles. The molecule has 1 atom stereocenters. The second-order valence-corrected chi connectivity index (χ2v) is 9.79. The Morgan fingerprint density at radius 2 is 1.37 bits per heavy atom. The minimum atomic E-state index is -1.40. The Morgan fingerprint density at radius 1 is 0.791 bits per heavy atom. The Hall–Kier alpha value is -3.76. The number of hydrogen-bond acceptors (Lipinski definition) is 11. The molecule has 43 heavy (non-hydrogen) atoms. The van der Waals surface area contributed by atoms with Crippen LogP contribution in [0.5, 0.6) is 0 Å². The van der Waals surface area contributed by atoms with E-state index in [4.69, 9.17) is 28.8 Å². The molecule has 236 valence electrons. The van der Waals surface area contributed by atoms with Crippen LogP contribution in [0.1, 0.15) is 19.3 Å². The maximum atomic E-state index is 12.8. The normalized spacial score (nSPS) is 21.6. The predicted octanol–water partition coefficient (Wildman–Crippen LogP) is -1.03. The summed E-state index contributed by atoms with van der Waals surface area (Å²) in [5.74, 6) is -3.28. The zero-order chi connectivity index (χ0) is 31.1. The highest BCUT2D eigenvalue weighted by Gasteiger charge is 2.43. The topological polar surface area (TPSA) is 187 Å². The lowest BCUT2D eigenvalue weighted by Crippen LogP contribution is -2.59. The fourth-order valence-corrected chi connectivity index (χ4v) is 4.39. The largest absolute Gasteiger partial charge is 0.481 e. The third-order valence-corrected chi connectivity index (χ3v) is 6.54. The maximum Gasteiger partial charge on any atom is 0.305 e. The summed E-state index contributed by atoms with van der Waals surface area (Å²) >= 11 is 0. The van der Waals surface area contributed by atoms with Gasteiger partial charge < -0.3 is 39.0 Å². The smallest absolute Gasteiger partial charge is 0.305 e. The first kappa shape index (κ1) is 33.7. The maximum absolute atomic E-state index is 12.8. The number of carboxylic acid groups (broad SMARTS) is 1. The van der Waals surface area contributed by atoms with E-state index in [0.717, 1.165) is 29.2 Å². The summed E-state index contributed by atoms with van der Waals surface area (Å²) in [5.41, 5.74) is -0.941. The molecule has 3 aliphatic heterocycles. The number of carbonyl (C=O) groups excluding carboxylic acids is 5. The lowest BCUT2D eigenvalue weighted by molar-refractivity contribution is -0.147. The second kappa shape index (κ2) is 17.4. The van der Waals surface area contributed by atoms with Gasteiger partial charge in [-0.1, -0.05) is 0 Å². The first-order valence-electron chi connectivity index (χ1n) is 13.9. The van der Waals surface area contributed by atoms with Crippen LogP contribution < -0.4 is 5.32 Å². The number of nitrogens with one attached hydrogen (secondary N) is 1. The molecule has 0 aliphatic carbocycles. The molecular formula is C28H37N3O12. The molecule has 3 aliphatic rings. The van der Waals surface area contributed by atoms with E-state index < -0.39 is 35.1 Å². The molecule has 0 aromatic rings. The molecule has 3 heterocycles. The van der Waals surface area contributed by atoms with Crippen molar-refractivity contribution in [3.8, 4) is 0 Å². The standard InChI is InChI=1S/C28H37N3O12/c32-22-2-3-23(33)29-18-28(20-31-25(35)5-6-26(31)36,19-30-21(17-22)1-4-24(30)34)43-16-15-42-14-13-41-12-11-40-10-9-39-8-7-27(37)38/h2-3,5-6,17H,1,4,7-16,18-20H2,(H,29,33)(H,37,38)/b3-2-,21-17?. The van der Waals surface area contributed by atoms with E-state index in [9.17, 15) is 28.8 Å². The number of fused-ring (bicyclic) bond motifs is 1. The number of ether oxygens (including phenoxy) is 5. The molecule has 2 N–H and O–H groups in total. The highest BCUT2D eigenvalue weighted by molar-refractivity contribution is 6.13. The van der Waals surface area contributed by atoms with E-state index in [1.54, 1.807) is 0 Å². The average Bonchev–Trinajstić information content (AvgIpc) is 3.46. The molecule has 0 bridgehead atoms. The Bertz CT molecular complexity index is 1120. The number of rotatable bonds is 18. The summed E-state index contributed by atoms with van der Waals surface area (Å²) < 4.78 is 27.7. The van der Waals surface area contributed by atoms with Crippen molar-refractivity contribution in [2.75, 3.05) is 79.1 Å². The van der Waals surface area contributed by atoms with Gasteiger partial charge in [0.1, 0.15) is 5.60 Å². The number of carbonyl (C=O) groups is 6. The molecule has 4 amide bonds. The van der Waals surface area contributed by atoms with Gasteiger partial charge in [-0.3, -0.25) is 33.7 Å². The van der Waals surface area contributed by atoms with Crippen LogP contribution in [-0.2, 0) is 52.5 Å². The summed E-state index contributed by atoms with van der Waals surface area (Å²) in [5, 5.41) is 11.2. The van der Waals surface area contributed by atoms with E-state index in [2.05, 4.69) is 5.32 Å². The van der Waals surface area contributed by atoms with Crippen LogP contribution in [0, 0.1) is 0 Å². The van der Waals surface area contributed by atoms with Crippen LogP contribution in [0.3, 0.4) is 0 Å². The zero-order valence-corrected chi connectivity index (χ0v) is 23.8. The molecule has 1 saturated heterocycles. The number of amides is 4. The summed E-state index contributed by atoms with van der Waals surface area (Å²) in [7, 11) is 0. The first-order valence-corrected chi connectivity index (χ1v) is 13.9. The van der Waals surface area contributed by atoms with E-state index in [1.165, 1.54) is 11.0 Å². The van der Waals surface area contributed by atoms with Crippen molar-refractivity contribution in [1.82, 2.24) is 15.1 Å². The third kappa shape index (κ3) is 11.4. The third-order valence-electron chi connectivity index (χ3n) is 6.54. The Balaban J connectivity index is 1.50. The monoisotopic (exact) mass is 607 g/mol. The highest BCUT2D eigenvalue weighted by atomic mass is 16.6. The Morgan fingerprint density at radius 3 is 1.98 bits per heavy atom. The van der Waals surface area contributed by atoms with Crippen molar-refractivity contribution in [2.24, 2.45) is 0 Å². The molecule has 1 unspecified atom stereocenters. The van der Waals surface area contributed by atoms with Crippen molar-refractivity contribution in [1.29, 1.82) is 0 Å². The van der Waals surface area contributed by atoms with E-state index >= 15 is 0 Å². The van der Waals surface area contributed by atoms with Crippen molar-refractivity contribution in [3.63, 3.8) is 0 Å². The van der Waals surface area contributed by atoms with Crippen LogP contribution >= 0.6 is 0 Å². The number of carboxylic acids is 1. The molecule has 0 saturated carbocycles. The molecular weight excluding hydrogens is 570 g/mol. The quantitative estimate of drug-likeness (QED) is 0.143. The highest BCUT2D eigenvalue weighted by Crippen LogP contribution is 2.28. The number of hydrogen-bond donors (Lipinski definition) is 2. The summed E-state index contributed by atoms with van der Waals surface area (Å²) in [6, 6.07) is 0. The van der Waals surface area contributed by atoms with E-state index in [1.807, 2.05) is 0 Å². The summed E-state index contributed by atoms with van der Waals surface area (Å²) in [6.45, 7) is 1.48. The SMILES string of the molecule is O=C1C=C2CCC(=O)N2CC(CN2C(=O)C=CC2=O)(OCCOCCOCCOCCOCCC(=O)O)CNC(=O)/C=C\1. The fraction of sp³-hybridized carbons (Fsp3) is 0.571. The van der Waals surface area contributed by atoms with Crippen LogP contribution in [0.15, 0.2) is 36.1 Å². The Labute approximate surface area is 248 Å². The van der Waals surface area contributed by atoms with Crippen LogP contribution in [0.4, 0.5) is 0 Å². The molecule has 0 spiro atoms. The van der Waals surface area contributed by atoms with Gasteiger partial charge in [0.15, 0.2) is 5.78 Å². The summed E-state index contributed by atoms with van der Waals surface area (Å²) in [6.07, 6.45) is 6.21. The molecule has 1 fully saturated rings. The number of nitrogens with zero attached hydrogens (tertiary/aromatic N) is 2. The number of imide groups is 1. The lowest BCUT2D eigenvalue weighted by Gasteiger charge is -2.39. The molecule has 15 heteroatoms. The molecule has 0 aromatic carbocycles. The van der Waals surface area contributed by atoms with Crippen molar-refractivity contribution in [3.05, 3.63) is 36.1 Å². The van der Waals surface area contributed by atoms with Gasteiger partial charge in [-0.25, -0.2) is 0 Å². The van der Waals surface area contributed by atoms with Gasteiger partial charge in [0.2, 0.25) is 11.8 Å². The van der Waals surface area contributed by atoms with E-state index in [0.29, 0.717) is 31.9 Å². The van der Waals surface area contributed by atoms with Crippen LogP contribution in [0.25, 0.3) is 0 Å². The van der Waals surface area contributed by atoms with Gasteiger partial charge >= 0.3 is 5.97 Å². The fourth-order valence-electron chi connectivity index (χ4n) is 4.39. The minimum absolute atomic E-state index is 0.000355. The predicted molar refractivity (Wildman–Crippen MR) is 146 cm³/mol. The van der Waals surface area contributed by atoms with Crippen LogP contribution in [0.2, 0.25) is 0 Å². The Kier molecular flexibility index (Phi) is 13.6. The molecule has 0 radical (unpaired) electrons. The molecule has 3 rings (SSSR count). The zero-order valence-electron chi connectivity index (χ0n) is 23.8. The number of aliphatic carboxylic acids is 1. The van der Waals surface area contributed by atoms with Crippen LogP contribution in [-0.4, -0.2) is 135 Å². The minimum Gasteiger partial charge on any atom is -0.481 e. The van der Waals surface area contributed by atoms with Gasteiger partial charge in [-0.05, 0) is 12.5 Å². The van der Waals surface area contributed by atoms with E-state index in [-0.39, 0.29) is 78.0 Å². The van der Waals surface area contributed by atoms with Gasteiger partial charge in [0.25, 0.3) is 11.8 Å². The molecule has 15 nitrogen and oxygen atoms in total. The lowest BCUT2D eigenvalue weighted by atomic mass is 10.0. The first-order chi connectivity index (χ1) is 20.7. The summed E-state index contributed by atoms with van der Waals surface area (Å²) in [4.78, 5) is 75.1. The average molecular weight is 608 g/mol.